The monoisotopic (exact) mass is 278 g/mol. The normalized spacial score (nSPS) is 11.2. The number of halogens is 1. The van der Waals surface area contributed by atoms with E-state index in [1.807, 2.05) is 46.6 Å². The van der Waals surface area contributed by atoms with Crippen molar-refractivity contribution in [3.05, 3.63) is 40.3 Å². The van der Waals surface area contributed by atoms with Crippen LogP contribution < -0.4 is 0 Å². The number of aryl methyl sites for hydroxylation is 1. The van der Waals surface area contributed by atoms with Gasteiger partial charge in [-0.25, -0.2) is 0 Å². The summed E-state index contributed by atoms with van der Waals surface area (Å²) in [5, 5.41) is 5.12. The molecule has 3 aromatic rings. The first-order chi connectivity index (χ1) is 8.70. The number of nitrogens with zero attached hydrogens (tertiary/aromatic N) is 3. The van der Waals surface area contributed by atoms with E-state index >= 15 is 0 Å². The zero-order valence-electron chi connectivity index (χ0n) is 9.72. The third kappa shape index (κ3) is 1.67. The lowest BCUT2D eigenvalue weighted by atomic mass is 10.3. The molecule has 0 amide bonds. The summed E-state index contributed by atoms with van der Waals surface area (Å²) in [6.45, 7) is 2.87. The molecule has 1 aromatic carbocycles. The van der Waals surface area contributed by atoms with Crippen LogP contribution in [0, 0.1) is 4.77 Å². The Morgan fingerprint density at radius 1 is 1.39 bits per heavy atom. The predicted octanol–water partition coefficient (Wildman–Crippen LogP) is 3.56. The number of benzene rings is 1. The molecule has 18 heavy (non-hydrogen) atoms. The molecule has 2 heterocycles. The third-order valence-corrected chi connectivity index (χ3v) is 3.45. The molecular weight excluding hydrogens is 268 g/mol. The van der Waals surface area contributed by atoms with E-state index in [0.717, 1.165) is 23.4 Å². The predicted molar refractivity (Wildman–Crippen MR) is 74.9 cm³/mol. The molecule has 0 atom stereocenters. The molecule has 0 spiro atoms. The van der Waals surface area contributed by atoms with Gasteiger partial charge in [-0.1, -0.05) is 17.7 Å². The zero-order chi connectivity index (χ0) is 12.7. The molecule has 3 rings (SSSR count). The molecule has 0 aliphatic rings. The molecule has 0 aliphatic carbocycles. The second kappa shape index (κ2) is 4.26. The zero-order valence-corrected chi connectivity index (χ0v) is 11.3. The lowest BCUT2D eigenvalue weighted by Gasteiger charge is -2.00. The quantitative estimate of drug-likeness (QED) is 0.728. The number of H-pyrrole nitrogens is 1. The summed E-state index contributed by atoms with van der Waals surface area (Å²) < 4.78 is 4.35. The van der Waals surface area contributed by atoms with E-state index < -0.39 is 0 Å². The fourth-order valence-electron chi connectivity index (χ4n) is 1.97. The number of hydrogen-bond donors (Lipinski definition) is 1. The number of para-hydroxylation sites is 1. The molecule has 6 heteroatoms. The SMILES string of the molecule is CCn1ccc(-n2c(=S)[nH]c3c(Cl)cccc32)n1. The summed E-state index contributed by atoms with van der Waals surface area (Å²) in [5.74, 6) is 0.801. The molecule has 0 fully saturated rings. The highest BCUT2D eigenvalue weighted by atomic mass is 35.5. The van der Waals surface area contributed by atoms with Gasteiger partial charge in [-0.05, 0) is 31.3 Å². The Labute approximate surface area is 114 Å². The van der Waals surface area contributed by atoms with Gasteiger partial charge in [0.15, 0.2) is 10.6 Å². The van der Waals surface area contributed by atoms with Crippen LogP contribution in [0.3, 0.4) is 0 Å². The van der Waals surface area contributed by atoms with Crippen molar-refractivity contribution in [1.82, 2.24) is 19.3 Å². The Balaban J connectivity index is 2.32. The number of rotatable bonds is 2. The van der Waals surface area contributed by atoms with Crippen LogP contribution in [0.2, 0.25) is 5.02 Å². The molecule has 1 N–H and O–H groups in total. The molecule has 0 saturated carbocycles. The number of fused-ring (bicyclic) bond motifs is 1. The van der Waals surface area contributed by atoms with Gasteiger partial charge >= 0.3 is 0 Å². The van der Waals surface area contributed by atoms with E-state index in [9.17, 15) is 0 Å². The Kier molecular flexibility index (Phi) is 2.72. The number of aromatic amines is 1. The average Bonchev–Trinajstić information content (AvgIpc) is 2.93. The minimum Gasteiger partial charge on any atom is -0.329 e. The fourth-order valence-corrected chi connectivity index (χ4v) is 2.48. The first-order valence-corrected chi connectivity index (χ1v) is 6.42. The van der Waals surface area contributed by atoms with Crippen LogP contribution >= 0.6 is 23.8 Å². The molecular formula is C12H11ClN4S. The average molecular weight is 279 g/mol. The first-order valence-electron chi connectivity index (χ1n) is 5.64. The van der Waals surface area contributed by atoms with Crippen LogP contribution in [0.25, 0.3) is 16.9 Å². The summed E-state index contributed by atoms with van der Waals surface area (Å²) in [4.78, 5) is 3.12. The smallest absolute Gasteiger partial charge is 0.184 e. The lowest BCUT2D eigenvalue weighted by molar-refractivity contribution is 0.653. The van der Waals surface area contributed by atoms with E-state index in [2.05, 4.69) is 10.1 Å². The third-order valence-electron chi connectivity index (χ3n) is 2.85. The molecule has 0 bridgehead atoms. The number of hydrogen-bond acceptors (Lipinski definition) is 2. The van der Waals surface area contributed by atoms with Gasteiger partial charge in [0.1, 0.15) is 0 Å². The van der Waals surface area contributed by atoms with Crippen LogP contribution in [0.5, 0.6) is 0 Å². The van der Waals surface area contributed by atoms with Crippen molar-refractivity contribution in [2.75, 3.05) is 0 Å². The van der Waals surface area contributed by atoms with Crippen molar-refractivity contribution >= 4 is 34.9 Å². The second-order valence-electron chi connectivity index (χ2n) is 3.93. The number of nitrogens with one attached hydrogen (secondary N) is 1. The molecule has 0 radical (unpaired) electrons. The number of aromatic nitrogens is 4. The van der Waals surface area contributed by atoms with E-state index in [1.165, 1.54) is 0 Å². The highest BCUT2D eigenvalue weighted by Gasteiger charge is 2.10. The molecule has 0 aliphatic heterocycles. The number of imidazole rings is 1. The van der Waals surface area contributed by atoms with E-state index in [0.29, 0.717) is 9.79 Å². The summed E-state index contributed by atoms with van der Waals surface area (Å²) in [7, 11) is 0. The van der Waals surface area contributed by atoms with Crippen molar-refractivity contribution in [3.63, 3.8) is 0 Å². The van der Waals surface area contributed by atoms with Crippen LogP contribution in [-0.4, -0.2) is 19.3 Å². The van der Waals surface area contributed by atoms with Crippen LogP contribution in [0.15, 0.2) is 30.5 Å². The van der Waals surface area contributed by atoms with Gasteiger partial charge in [0.05, 0.1) is 16.1 Å². The van der Waals surface area contributed by atoms with Crippen molar-refractivity contribution in [1.29, 1.82) is 0 Å². The summed E-state index contributed by atoms with van der Waals surface area (Å²) in [6.07, 6.45) is 1.93. The van der Waals surface area contributed by atoms with Crippen molar-refractivity contribution in [2.45, 2.75) is 13.5 Å². The summed E-state index contributed by atoms with van der Waals surface area (Å²) >= 11 is 11.5. The standard InChI is InChI=1S/C12H11ClN4S/c1-2-16-7-6-10(15-16)17-9-5-3-4-8(13)11(9)14-12(17)18/h3-7H,2H2,1H3,(H,14,18). The summed E-state index contributed by atoms with van der Waals surface area (Å²) in [6, 6.07) is 7.65. The van der Waals surface area contributed by atoms with Crippen molar-refractivity contribution in [2.24, 2.45) is 0 Å². The maximum Gasteiger partial charge on any atom is 0.184 e. The molecule has 2 aromatic heterocycles. The Morgan fingerprint density at radius 3 is 2.94 bits per heavy atom. The maximum absolute atomic E-state index is 6.15. The molecule has 0 unspecified atom stereocenters. The highest BCUT2D eigenvalue weighted by Crippen LogP contribution is 2.24. The van der Waals surface area contributed by atoms with Gasteiger partial charge in [0.25, 0.3) is 0 Å². The van der Waals surface area contributed by atoms with Gasteiger partial charge in [-0.2, -0.15) is 5.10 Å². The van der Waals surface area contributed by atoms with Crippen LogP contribution in [0.4, 0.5) is 0 Å². The van der Waals surface area contributed by atoms with Crippen LogP contribution in [0.1, 0.15) is 6.92 Å². The van der Waals surface area contributed by atoms with Gasteiger partial charge < -0.3 is 4.98 Å². The second-order valence-corrected chi connectivity index (χ2v) is 4.72. The minimum absolute atomic E-state index is 0.597. The van der Waals surface area contributed by atoms with Crippen molar-refractivity contribution in [3.8, 4) is 5.82 Å². The molecule has 92 valence electrons. The fraction of sp³-hybridized carbons (Fsp3) is 0.167. The minimum atomic E-state index is 0.597. The molecule has 4 nitrogen and oxygen atoms in total. The lowest BCUT2D eigenvalue weighted by Crippen LogP contribution is -1.99. The Morgan fingerprint density at radius 2 is 2.22 bits per heavy atom. The Hall–Kier alpha value is -1.59. The van der Waals surface area contributed by atoms with Crippen LogP contribution in [-0.2, 0) is 6.54 Å². The largest absolute Gasteiger partial charge is 0.329 e. The van der Waals surface area contributed by atoms with Gasteiger partial charge in [-0.3, -0.25) is 9.25 Å². The first kappa shape index (κ1) is 11.5. The van der Waals surface area contributed by atoms with Gasteiger partial charge in [0, 0.05) is 18.8 Å². The van der Waals surface area contributed by atoms with Gasteiger partial charge in [-0.15, -0.1) is 0 Å². The van der Waals surface area contributed by atoms with E-state index in [4.69, 9.17) is 23.8 Å². The van der Waals surface area contributed by atoms with Gasteiger partial charge in [0.2, 0.25) is 0 Å². The topological polar surface area (TPSA) is 38.5 Å². The maximum atomic E-state index is 6.15. The summed E-state index contributed by atoms with van der Waals surface area (Å²) in [5.41, 5.74) is 1.78. The van der Waals surface area contributed by atoms with E-state index in [1.54, 1.807) is 0 Å². The molecule has 0 saturated heterocycles. The highest BCUT2D eigenvalue weighted by molar-refractivity contribution is 7.71. The van der Waals surface area contributed by atoms with Crippen molar-refractivity contribution < 1.29 is 0 Å². The van der Waals surface area contributed by atoms with E-state index in [-0.39, 0.29) is 0 Å². The Bertz CT molecular complexity index is 768.